The summed E-state index contributed by atoms with van der Waals surface area (Å²) in [6, 6.07) is 4.41. The van der Waals surface area contributed by atoms with E-state index in [0.29, 0.717) is 17.6 Å². The lowest BCUT2D eigenvalue weighted by Crippen LogP contribution is -2.26. The molecule has 3 unspecified atom stereocenters. The Morgan fingerprint density at radius 2 is 2.17 bits per heavy atom. The summed E-state index contributed by atoms with van der Waals surface area (Å²) in [4.78, 5) is 10.7. The van der Waals surface area contributed by atoms with Gasteiger partial charge in [-0.15, -0.1) is 0 Å². The van der Waals surface area contributed by atoms with Crippen molar-refractivity contribution in [2.24, 2.45) is 11.8 Å². The Hall–Kier alpha value is -1.58. The fraction of sp³-hybridized carbons (Fsp3) is 0.500. The highest BCUT2D eigenvalue weighted by Crippen LogP contribution is 2.45. The molecule has 2 N–H and O–H groups in total. The lowest BCUT2D eigenvalue weighted by atomic mass is 9.95. The molecule has 0 spiro atoms. The molecule has 2 bridgehead atoms. The van der Waals surface area contributed by atoms with Crippen LogP contribution in [0.4, 0.5) is 10.1 Å². The normalized spacial score (nSPS) is 29.5. The average Bonchev–Trinajstić information content (AvgIpc) is 2.93. The van der Waals surface area contributed by atoms with E-state index in [2.05, 4.69) is 5.32 Å². The monoisotopic (exact) mass is 249 g/mol. The van der Waals surface area contributed by atoms with Gasteiger partial charge in [-0.3, -0.25) is 0 Å². The Labute approximate surface area is 105 Å². The van der Waals surface area contributed by atoms with Gasteiger partial charge >= 0.3 is 5.97 Å². The van der Waals surface area contributed by atoms with Crippen LogP contribution < -0.4 is 5.32 Å². The van der Waals surface area contributed by atoms with Gasteiger partial charge in [0.15, 0.2) is 0 Å². The van der Waals surface area contributed by atoms with Gasteiger partial charge in [-0.1, -0.05) is 6.42 Å². The molecule has 96 valence electrons. The predicted octanol–water partition coefficient (Wildman–Crippen LogP) is 3.12. The largest absolute Gasteiger partial charge is 0.478 e. The lowest BCUT2D eigenvalue weighted by Gasteiger charge is -2.24. The Morgan fingerprint density at radius 1 is 1.33 bits per heavy atom. The van der Waals surface area contributed by atoms with Crippen molar-refractivity contribution in [2.75, 3.05) is 5.32 Å². The van der Waals surface area contributed by atoms with Gasteiger partial charge in [-0.25, -0.2) is 9.18 Å². The molecule has 0 heterocycles. The fourth-order valence-electron chi connectivity index (χ4n) is 3.39. The smallest absolute Gasteiger partial charge is 0.335 e. The van der Waals surface area contributed by atoms with Crippen LogP contribution in [0.25, 0.3) is 0 Å². The maximum absolute atomic E-state index is 13.8. The fourth-order valence-corrected chi connectivity index (χ4v) is 3.39. The van der Waals surface area contributed by atoms with E-state index < -0.39 is 11.8 Å². The van der Waals surface area contributed by atoms with Crippen molar-refractivity contribution in [3.63, 3.8) is 0 Å². The minimum absolute atomic E-state index is 0.00834. The molecule has 1 aromatic carbocycles. The number of halogens is 1. The minimum atomic E-state index is -1.10. The molecular weight excluding hydrogens is 233 g/mol. The molecular formula is C14H16FNO2. The molecule has 18 heavy (non-hydrogen) atoms. The number of aromatic carboxylic acids is 1. The Morgan fingerprint density at radius 3 is 2.72 bits per heavy atom. The number of nitrogens with one attached hydrogen (secondary N) is 1. The van der Waals surface area contributed by atoms with Crippen molar-refractivity contribution >= 4 is 11.7 Å². The van der Waals surface area contributed by atoms with Crippen LogP contribution in [-0.2, 0) is 0 Å². The number of carboxylic acids is 1. The van der Waals surface area contributed by atoms with E-state index in [1.54, 1.807) is 0 Å². The van der Waals surface area contributed by atoms with Crippen molar-refractivity contribution in [1.82, 2.24) is 0 Å². The molecule has 0 radical (unpaired) electrons. The summed E-state index contributed by atoms with van der Waals surface area (Å²) in [7, 11) is 0. The molecule has 2 saturated carbocycles. The number of carboxylic acid groups (broad SMARTS) is 1. The second kappa shape index (κ2) is 4.26. The summed E-state index contributed by atoms with van der Waals surface area (Å²) < 4.78 is 13.8. The van der Waals surface area contributed by atoms with Crippen molar-refractivity contribution in [3.8, 4) is 0 Å². The summed E-state index contributed by atoms with van der Waals surface area (Å²) >= 11 is 0. The number of carbonyl (C=O) groups is 1. The summed E-state index contributed by atoms with van der Waals surface area (Å²) in [6.45, 7) is 0. The third kappa shape index (κ3) is 1.96. The van der Waals surface area contributed by atoms with E-state index in [-0.39, 0.29) is 5.56 Å². The van der Waals surface area contributed by atoms with Gasteiger partial charge in [0.2, 0.25) is 0 Å². The van der Waals surface area contributed by atoms with Crippen LogP contribution in [0.1, 0.15) is 36.0 Å². The topological polar surface area (TPSA) is 49.3 Å². The van der Waals surface area contributed by atoms with Gasteiger partial charge in [0.05, 0.1) is 11.3 Å². The van der Waals surface area contributed by atoms with Crippen molar-refractivity contribution < 1.29 is 14.3 Å². The van der Waals surface area contributed by atoms with Gasteiger partial charge in [-0.05, 0) is 49.3 Å². The third-order valence-electron chi connectivity index (χ3n) is 4.30. The first-order valence-electron chi connectivity index (χ1n) is 6.43. The molecule has 0 aromatic heterocycles. The second-order valence-electron chi connectivity index (χ2n) is 5.43. The highest BCUT2D eigenvalue weighted by atomic mass is 19.1. The molecule has 0 saturated heterocycles. The molecule has 3 rings (SSSR count). The summed E-state index contributed by atoms with van der Waals surface area (Å²) in [5.41, 5.74) is 0.420. The van der Waals surface area contributed by atoms with Crippen LogP contribution in [0.15, 0.2) is 18.2 Å². The van der Waals surface area contributed by atoms with E-state index in [1.807, 2.05) is 0 Å². The van der Waals surface area contributed by atoms with Crippen LogP contribution in [0.3, 0.4) is 0 Å². The molecule has 3 nitrogen and oxygen atoms in total. The van der Waals surface area contributed by atoms with E-state index in [9.17, 15) is 9.18 Å². The molecule has 0 amide bonds. The van der Waals surface area contributed by atoms with Crippen molar-refractivity contribution in [2.45, 2.75) is 31.7 Å². The Balaban J connectivity index is 1.75. The lowest BCUT2D eigenvalue weighted by molar-refractivity contribution is 0.0696. The number of hydrogen-bond acceptors (Lipinski definition) is 2. The van der Waals surface area contributed by atoms with Crippen LogP contribution in [0.5, 0.6) is 0 Å². The Kier molecular flexibility index (Phi) is 2.73. The van der Waals surface area contributed by atoms with Crippen molar-refractivity contribution in [1.29, 1.82) is 0 Å². The standard InChI is InChI=1S/C14H16FNO2/c15-11-7-10(14(17)18)3-4-12(11)16-13-6-8-1-2-9(13)5-8/h3-4,7-9,13,16H,1-2,5-6H2,(H,17,18). The quantitative estimate of drug-likeness (QED) is 0.865. The van der Waals surface area contributed by atoms with E-state index >= 15 is 0 Å². The van der Waals surface area contributed by atoms with Crippen LogP contribution in [0, 0.1) is 17.7 Å². The first kappa shape index (κ1) is 11.5. The number of rotatable bonds is 3. The van der Waals surface area contributed by atoms with Crippen LogP contribution in [0.2, 0.25) is 0 Å². The zero-order valence-electron chi connectivity index (χ0n) is 10.0. The van der Waals surface area contributed by atoms with E-state index in [4.69, 9.17) is 5.11 Å². The molecule has 2 aliphatic carbocycles. The van der Waals surface area contributed by atoms with E-state index in [1.165, 1.54) is 31.4 Å². The summed E-state index contributed by atoms with van der Waals surface area (Å²) in [5.74, 6) is -0.111. The molecule has 4 heteroatoms. The van der Waals surface area contributed by atoms with Gasteiger partial charge in [0.25, 0.3) is 0 Å². The van der Waals surface area contributed by atoms with Gasteiger partial charge < -0.3 is 10.4 Å². The highest BCUT2D eigenvalue weighted by Gasteiger charge is 2.39. The maximum atomic E-state index is 13.8. The molecule has 3 atom stereocenters. The molecule has 2 fully saturated rings. The van der Waals surface area contributed by atoms with Crippen LogP contribution >= 0.6 is 0 Å². The molecule has 1 aromatic rings. The summed E-state index contributed by atoms with van der Waals surface area (Å²) in [6.07, 6.45) is 4.91. The molecule has 2 aliphatic rings. The SMILES string of the molecule is O=C(O)c1ccc(NC2CC3CCC2C3)c(F)c1. The van der Waals surface area contributed by atoms with Crippen molar-refractivity contribution in [3.05, 3.63) is 29.6 Å². The average molecular weight is 249 g/mol. The third-order valence-corrected chi connectivity index (χ3v) is 4.30. The van der Waals surface area contributed by atoms with Gasteiger partial charge in [-0.2, -0.15) is 0 Å². The zero-order valence-corrected chi connectivity index (χ0v) is 10.0. The summed E-state index contributed by atoms with van der Waals surface area (Å²) in [5, 5.41) is 12.0. The Bertz CT molecular complexity index is 489. The number of anilines is 1. The maximum Gasteiger partial charge on any atom is 0.335 e. The number of benzene rings is 1. The van der Waals surface area contributed by atoms with E-state index in [0.717, 1.165) is 18.4 Å². The zero-order chi connectivity index (χ0) is 12.7. The van der Waals surface area contributed by atoms with Gasteiger partial charge in [0, 0.05) is 6.04 Å². The minimum Gasteiger partial charge on any atom is -0.478 e. The first-order chi connectivity index (χ1) is 8.63. The highest BCUT2D eigenvalue weighted by molar-refractivity contribution is 5.88. The number of fused-ring (bicyclic) bond motifs is 2. The molecule has 0 aliphatic heterocycles. The second-order valence-corrected chi connectivity index (χ2v) is 5.43. The predicted molar refractivity (Wildman–Crippen MR) is 66.2 cm³/mol. The first-order valence-corrected chi connectivity index (χ1v) is 6.43. The number of hydrogen-bond donors (Lipinski definition) is 2. The van der Waals surface area contributed by atoms with Gasteiger partial charge in [0.1, 0.15) is 5.82 Å². The van der Waals surface area contributed by atoms with Crippen LogP contribution in [-0.4, -0.2) is 17.1 Å².